The van der Waals surface area contributed by atoms with Gasteiger partial charge in [0.1, 0.15) is 0 Å². The minimum Gasteiger partial charge on any atom is -0.349 e. The highest BCUT2D eigenvalue weighted by molar-refractivity contribution is 9.10. The number of carbonyl (C=O) groups is 1. The van der Waals surface area contributed by atoms with E-state index in [2.05, 4.69) is 33.4 Å². The summed E-state index contributed by atoms with van der Waals surface area (Å²) in [5, 5.41) is 3.02. The van der Waals surface area contributed by atoms with Crippen LogP contribution in [-0.4, -0.2) is 11.9 Å². The maximum Gasteiger partial charge on any atom is 0.251 e. The first kappa shape index (κ1) is 16.1. The quantitative estimate of drug-likeness (QED) is 0.773. The summed E-state index contributed by atoms with van der Waals surface area (Å²) in [4.78, 5) is 12.2. The van der Waals surface area contributed by atoms with Crippen molar-refractivity contribution in [3.63, 3.8) is 0 Å². The van der Waals surface area contributed by atoms with Gasteiger partial charge >= 0.3 is 0 Å². The van der Waals surface area contributed by atoms with Gasteiger partial charge in [-0.15, -0.1) is 11.6 Å². The second kappa shape index (κ2) is 7.62. The van der Waals surface area contributed by atoms with Gasteiger partial charge in [0.15, 0.2) is 0 Å². The number of alkyl halides is 1. The normalized spacial score (nSPS) is 12.0. The fourth-order valence-corrected chi connectivity index (χ4v) is 2.56. The van der Waals surface area contributed by atoms with E-state index < -0.39 is 0 Å². The number of amides is 1. The largest absolute Gasteiger partial charge is 0.349 e. The van der Waals surface area contributed by atoms with Gasteiger partial charge in [-0.25, -0.2) is 0 Å². The molecular weight excluding hydrogens is 350 g/mol. The molecule has 1 atom stereocenters. The first-order chi connectivity index (χ1) is 10.1. The minimum atomic E-state index is -0.0634. The number of hydrogen-bond donors (Lipinski definition) is 1. The third-order valence-corrected chi connectivity index (χ3v) is 4.01. The van der Waals surface area contributed by atoms with E-state index in [1.807, 2.05) is 37.3 Å². The lowest BCUT2D eigenvalue weighted by Gasteiger charge is -2.14. The van der Waals surface area contributed by atoms with Crippen LogP contribution in [0, 0.1) is 0 Å². The lowest BCUT2D eigenvalue weighted by atomic mass is 10.1. The molecule has 2 aromatic carbocycles. The van der Waals surface area contributed by atoms with Crippen molar-refractivity contribution < 1.29 is 4.79 Å². The van der Waals surface area contributed by atoms with Crippen molar-refractivity contribution in [2.75, 3.05) is 0 Å². The number of halogens is 2. The molecule has 0 fully saturated rings. The van der Waals surface area contributed by atoms with E-state index in [-0.39, 0.29) is 11.9 Å². The van der Waals surface area contributed by atoms with Crippen molar-refractivity contribution in [3.05, 3.63) is 69.7 Å². The highest BCUT2D eigenvalue weighted by Crippen LogP contribution is 2.12. The standard InChI is InChI=1S/C17H17BrClNO/c1-12(9-13-5-7-16(18)8-6-13)20-17(21)15-4-2-3-14(10-15)11-19/h2-8,10,12H,9,11H2,1H3,(H,20,21). The maximum absolute atomic E-state index is 12.2. The molecule has 0 aliphatic rings. The second-order valence-corrected chi connectivity index (χ2v) is 6.22. The van der Waals surface area contributed by atoms with Crippen molar-refractivity contribution in [1.29, 1.82) is 0 Å². The Labute approximate surface area is 138 Å². The molecular formula is C17H17BrClNO. The molecule has 0 saturated carbocycles. The van der Waals surface area contributed by atoms with Gasteiger partial charge in [-0.05, 0) is 48.7 Å². The van der Waals surface area contributed by atoms with E-state index in [9.17, 15) is 4.79 Å². The van der Waals surface area contributed by atoms with Gasteiger partial charge in [0, 0.05) is 22.0 Å². The lowest BCUT2D eigenvalue weighted by molar-refractivity contribution is 0.0940. The van der Waals surface area contributed by atoms with Crippen LogP contribution >= 0.6 is 27.5 Å². The molecule has 2 rings (SSSR count). The van der Waals surface area contributed by atoms with E-state index >= 15 is 0 Å². The van der Waals surface area contributed by atoms with Gasteiger partial charge < -0.3 is 5.32 Å². The first-order valence-corrected chi connectivity index (χ1v) is 8.11. The molecule has 110 valence electrons. The van der Waals surface area contributed by atoms with Crippen LogP contribution in [0.15, 0.2) is 53.0 Å². The second-order valence-electron chi connectivity index (χ2n) is 5.04. The van der Waals surface area contributed by atoms with Crippen LogP contribution < -0.4 is 5.32 Å². The van der Waals surface area contributed by atoms with E-state index in [1.165, 1.54) is 5.56 Å². The molecule has 1 unspecified atom stereocenters. The number of hydrogen-bond acceptors (Lipinski definition) is 1. The number of nitrogens with one attached hydrogen (secondary N) is 1. The molecule has 2 aromatic rings. The summed E-state index contributed by atoms with van der Waals surface area (Å²) < 4.78 is 1.06. The Morgan fingerprint density at radius 2 is 1.90 bits per heavy atom. The summed E-state index contributed by atoms with van der Waals surface area (Å²) in [6, 6.07) is 15.6. The third kappa shape index (κ3) is 4.87. The Hall–Kier alpha value is -1.32. The predicted octanol–water partition coefficient (Wildman–Crippen LogP) is 4.55. The Kier molecular flexibility index (Phi) is 5.83. The van der Waals surface area contributed by atoms with Crippen molar-refractivity contribution in [2.45, 2.75) is 25.3 Å². The van der Waals surface area contributed by atoms with Crippen LogP contribution in [0.25, 0.3) is 0 Å². The van der Waals surface area contributed by atoms with Crippen LogP contribution in [0.1, 0.15) is 28.4 Å². The number of carbonyl (C=O) groups excluding carboxylic acids is 1. The molecule has 0 bridgehead atoms. The fourth-order valence-electron chi connectivity index (χ4n) is 2.13. The summed E-state index contributed by atoms with van der Waals surface area (Å²) in [6.45, 7) is 2.01. The topological polar surface area (TPSA) is 29.1 Å². The molecule has 1 amide bonds. The zero-order valence-electron chi connectivity index (χ0n) is 11.8. The van der Waals surface area contributed by atoms with Crippen LogP contribution in [-0.2, 0) is 12.3 Å². The average Bonchev–Trinajstić information content (AvgIpc) is 2.49. The van der Waals surface area contributed by atoms with Gasteiger partial charge in [0.05, 0.1) is 0 Å². The Morgan fingerprint density at radius 3 is 2.57 bits per heavy atom. The Morgan fingerprint density at radius 1 is 1.19 bits per heavy atom. The predicted molar refractivity (Wildman–Crippen MR) is 90.8 cm³/mol. The molecule has 4 heteroatoms. The lowest BCUT2D eigenvalue weighted by Crippen LogP contribution is -2.34. The third-order valence-electron chi connectivity index (χ3n) is 3.18. The average molecular weight is 367 g/mol. The molecule has 0 heterocycles. The zero-order chi connectivity index (χ0) is 15.2. The molecule has 0 spiro atoms. The van der Waals surface area contributed by atoms with Crippen molar-refractivity contribution in [1.82, 2.24) is 5.32 Å². The minimum absolute atomic E-state index is 0.0634. The van der Waals surface area contributed by atoms with Gasteiger partial charge in [0.2, 0.25) is 0 Å². The Bertz CT molecular complexity index is 612. The van der Waals surface area contributed by atoms with Crippen LogP contribution in [0.3, 0.4) is 0 Å². The molecule has 0 aromatic heterocycles. The van der Waals surface area contributed by atoms with Gasteiger partial charge in [-0.2, -0.15) is 0 Å². The van der Waals surface area contributed by atoms with Gasteiger partial charge in [-0.1, -0.05) is 40.2 Å². The highest BCUT2D eigenvalue weighted by Gasteiger charge is 2.10. The van der Waals surface area contributed by atoms with Gasteiger partial charge in [-0.3, -0.25) is 4.79 Å². The van der Waals surface area contributed by atoms with E-state index in [0.717, 1.165) is 16.5 Å². The zero-order valence-corrected chi connectivity index (χ0v) is 14.1. The summed E-state index contributed by atoms with van der Waals surface area (Å²) in [7, 11) is 0. The summed E-state index contributed by atoms with van der Waals surface area (Å²) in [6.07, 6.45) is 0.800. The molecule has 21 heavy (non-hydrogen) atoms. The Balaban J connectivity index is 1.96. The van der Waals surface area contributed by atoms with Crippen molar-refractivity contribution >= 4 is 33.4 Å². The maximum atomic E-state index is 12.2. The van der Waals surface area contributed by atoms with Crippen LogP contribution in [0.4, 0.5) is 0 Å². The number of benzene rings is 2. The monoisotopic (exact) mass is 365 g/mol. The van der Waals surface area contributed by atoms with Crippen LogP contribution in [0.5, 0.6) is 0 Å². The summed E-state index contributed by atoms with van der Waals surface area (Å²) >= 11 is 9.21. The molecule has 1 N–H and O–H groups in total. The van der Waals surface area contributed by atoms with Crippen molar-refractivity contribution in [3.8, 4) is 0 Å². The summed E-state index contributed by atoms with van der Waals surface area (Å²) in [5.74, 6) is 0.349. The highest BCUT2D eigenvalue weighted by atomic mass is 79.9. The van der Waals surface area contributed by atoms with E-state index in [0.29, 0.717) is 11.4 Å². The molecule has 0 saturated heterocycles. The number of rotatable bonds is 5. The van der Waals surface area contributed by atoms with Gasteiger partial charge in [0.25, 0.3) is 5.91 Å². The summed E-state index contributed by atoms with van der Waals surface area (Å²) in [5.41, 5.74) is 2.79. The molecule has 0 radical (unpaired) electrons. The van der Waals surface area contributed by atoms with E-state index in [1.54, 1.807) is 6.07 Å². The van der Waals surface area contributed by atoms with Crippen molar-refractivity contribution in [2.24, 2.45) is 0 Å². The smallest absolute Gasteiger partial charge is 0.251 e. The fraction of sp³-hybridized carbons (Fsp3) is 0.235. The molecule has 2 nitrogen and oxygen atoms in total. The van der Waals surface area contributed by atoms with E-state index in [4.69, 9.17) is 11.6 Å². The first-order valence-electron chi connectivity index (χ1n) is 6.78. The molecule has 0 aliphatic carbocycles. The SMILES string of the molecule is CC(Cc1ccc(Br)cc1)NC(=O)c1cccc(CCl)c1. The molecule has 0 aliphatic heterocycles. The van der Waals surface area contributed by atoms with Crippen LogP contribution in [0.2, 0.25) is 0 Å².